The number of alkyl halides is 3. The molecule has 0 aromatic heterocycles. The van der Waals surface area contributed by atoms with Gasteiger partial charge in [-0.25, -0.2) is 0 Å². The summed E-state index contributed by atoms with van der Waals surface area (Å²) in [5.41, 5.74) is 1.92. The Morgan fingerprint density at radius 3 is 2.25 bits per heavy atom. The molecule has 4 rings (SSSR count). The van der Waals surface area contributed by atoms with E-state index in [1.807, 2.05) is 30.3 Å². The Bertz CT molecular complexity index is 1090. The van der Waals surface area contributed by atoms with Crippen molar-refractivity contribution in [1.82, 2.24) is 4.90 Å². The summed E-state index contributed by atoms with van der Waals surface area (Å²) in [6.07, 6.45) is -4.36. The van der Waals surface area contributed by atoms with Crippen molar-refractivity contribution >= 4 is 40.5 Å². The van der Waals surface area contributed by atoms with Crippen molar-refractivity contribution in [3.63, 3.8) is 0 Å². The third-order valence-electron chi connectivity index (χ3n) is 5.60. The molecule has 1 unspecified atom stereocenters. The van der Waals surface area contributed by atoms with Gasteiger partial charge in [0.2, 0.25) is 0 Å². The first-order chi connectivity index (χ1) is 15.2. The number of hydrogen-bond acceptors (Lipinski definition) is 2. The molecule has 1 aliphatic rings. The number of hydrogen-bond donors (Lipinski definition) is 0. The van der Waals surface area contributed by atoms with E-state index in [1.165, 1.54) is 12.1 Å². The number of nitrogens with zero attached hydrogens (tertiary/aromatic N) is 2. The van der Waals surface area contributed by atoms with Crippen molar-refractivity contribution < 1.29 is 13.2 Å². The van der Waals surface area contributed by atoms with Crippen LogP contribution in [0.4, 0.5) is 18.9 Å². The topological polar surface area (TPSA) is 6.48 Å². The van der Waals surface area contributed by atoms with Crippen LogP contribution in [0.25, 0.3) is 0 Å². The first-order valence-corrected chi connectivity index (χ1v) is 11.2. The molecule has 168 valence electrons. The number of piperazine rings is 1. The fraction of sp³-hybridized carbons (Fsp3) is 0.250. The number of anilines is 1. The molecule has 1 aliphatic heterocycles. The molecule has 1 saturated heterocycles. The Labute approximate surface area is 200 Å². The third-order valence-corrected chi connectivity index (χ3v) is 6.39. The van der Waals surface area contributed by atoms with E-state index in [4.69, 9.17) is 34.8 Å². The van der Waals surface area contributed by atoms with Crippen molar-refractivity contribution in [2.75, 3.05) is 24.5 Å². The van der Waals surface area contributed by atoms with E-state index >= 15 is 0 Å². The van der Waals surface area contributed by atoms with Gasteiger partial charge in [-0.1, -0.05) is 65.1 Å². The SMILES string of the molecule is FC(F)(F)c1cccc(CN2CCN(c3ccc(Cl)cc3Cl)C(c3ccc(Cl)cc3)C2)c1. The van der Waals surface area contributed by atoms with Gasteiger partial charge in [-0.15, -0.1) is 0 Å². The van der Waals surface area contributed by atoms with Gasteiger partial charge in [0.15, 0.2) is 0 Å². The van der Waals surface area contributed by atoms with Crippen LogP contribution in [0.5, 0.6) is 0 Å². The Kier molecular flexibility index (Phi) is 6.91. The molecule has 0 amide bonds. The monoisotopic (exact) mass is 498 g/mol. The largest absolute Gasteiger partial charge is 0.416 e. The Hall–Kier alpha value is -1.92. The molecule has 3 aromatic rings. The molecule has 1 heterocycles. The van der Waals surface area contributed by atoms with E-state index in [1.54, 1.807) is 18.2 Å². The second-order valence-electron chi connectivity index (χ2n) is 7.79. The van der Waals surface area contributed by atoms with Crippen molar-refractivity contribution in [2.45, 2.75) is 18.8 Å². The minimum absolute atomic E-state index is 0.0505. The van der Waals surface area contributed by atoms with Crippen LogP contribution in [0.2, 0.25) is 15.1 Å². The summed E-state index contributed by atoms with van der Waals surface area (Å²) in [6, 6.07) is 18.5. The molecule has 2 nitrogen and oxygen atoms in total. The fourth-order valence-electron chi connectivity index (χ4n) is 4.06. The lowest BCUT2D eigenvalue weighted by Crippen LogP contribution is -2.48. The van der Waals surface area contributed by atoms with Crippen LogP contribution in [0.15, 0.2) is 66.7 Å². The van der Waals surface area contributed by atoms with Crippen LogP contribution >= 0.6 is 34.8 Å². The van der Waals surface area contributed by atoms with Crippen LogP contribution < -0.4 is 4.90 Å². The van der Waals surface area contributed by atoms with Crippen LogP contribution in [-0.2, 0) is 12.7 Å². The second kappa shape index (κ2) is 9.52. The predicted molar refractivity (Wildman–Crippen MR) is 125 cm³/mol. The van der Waals surface area contributed by atoms with Gasteiger partial charge in [0, 0.05) is 36.2 Å². The molecule has 0 N–H and O–H groups in total. The Morgan fingerprint density at radius 1 is 0.844 bits per heavy atom. The quantitative estimate of drug-likeness (QED) is 0.362. The van der Waals surface area contributed by atoms with Crippen LogP contribution in [0.1, 0.15) is 22.7 Å². The average molecular weight is 500 g/mol. The minimum atomic E-state index is -4.36. The number of halogens is 6. The highest BCUT2D eigenvalue weighted by Crippen LogP contribution is 2.37. The summed E-state index contributed by atoms with van der Waals surface area (Å²) < 4.78 is 39.3. The smallest absolute Gasteiger partial charge is 0.361 e. The van der Waals surface area contributed by atoms with Gasteiger partial charge in [-0.2, -0.15) is 13.2 Å². The van der Waals surface area contributed by atoms with Crippen molar-refractivity contribution in [1.29, 1.82) is 0 Å². The van der Waals surface area contributed by atoms with Gasteiger partial charge >= 0.3 is 6.18 Å². The van der Waals surface area contributed by atoms with Gasteiger partial charge in [0.05, 0.1) is 22.3 Å². The third kappa shape index (κ3) is 5.34. The average Bonchev–Trinajstić information content (AvgIpc) is 2.74. The molecule has 0 saturated carbocycles. The summed E-state index contributed by atoms with van der Waals surface area (Å²) in [5.74, 6) is 0. The van der Waals surface area contributed by atoms with E-state index in [0.717, 1.165) is 17.3 Å². The fourth-order valence-corrected chi connectivity index (χ4v) is 4.70. The molecule has 0 aliphatic carbocycles. The molecule has 8 heteroatoms. The lowest BCUT2D eigenvalue weighted by molar-refractivity contribution is -0.137. The summed E-state index contributed by atoms with van der Waals surface area (Å²) >= 11 is 18.7. The first-order valence-electron chi connectivity index (χ1n) is 10.1. The van der Waals surface area contributed by atoms with Crippen LogP contribution in [-0.4, -0.2) is 24.5 Å². The Balaban J connectivity index is 1.61. The van der Waals surface area contributed by atoms with Gasteiger partial charge in [0.25, 0.3) is 0 Å². The lowest BCUT2D eigenvalue weighted by atomic mass is 10.0. The first kappa shape index (κ1) is 23.2. The summed E-state index contributed by atoms with van der Waals surface area (Å²) in [4.78, 5) is 4.37. The highest BCUT2D eigenvalue weighted by atomic mass is 35.5. The second-order valence-corrected chi connectivity index (χ2v) is 9.07. The maximum Gasteiger partial charge on any atom is 0.416 e. The number of benzene rings is 3. The highest BCUT2D eigenvalue weighted by molar-refractivity contribution is 6.36. The molecule has 1 atom stereocenters. The summed E-state index contributed by atoms with van der Waals surface area (Å²) in [7, 11) is 0. The lowest BCUT2D eigenvalue weighted by Gasteiger charge is -2.43. The van der Waals surface area contributed by atoms with Crippen molar-refractivity contribution in [3.05, 3.63) is 98.5 Å². The summed E-state index contributed by atoms with van der Waals surface area (Å²) in [6.45, 7) is 2.39. The van der Waals surface area contributed by atoms with Crippen LogP contribution in [0.3, 0.4) is 0 Å². The van der Waals surface area contributed by atoms with Crippen molar-refractivity contribution in [2.24, 2.45) is 0 Å². The maximum atomic E-state index is 13.1. The zero-order valence-corrected chi connectivity index (χ0v) is 19.2. The zero-order valence-electron chi connectivity index (χ0n) is 16.9. The molecule has 3 aromatic carbocycles. The molecular formula is C24H20Cl3F3N2. The molecule has 32 heavy (non-hydrogen) atoms. The molecule has 0 bridgehead atoms. The molecule has 0 spiro atoms. The van der Waals surface area contributed by atoms with Crippen LogP contribution in [0, 0.1) is 0 Å². The van der Waals surface area contributed by atoms with E-state index < -0.39 is 11.7 Å². The Morgan fingerprint density at radius 2 is 1.56 bits per heavy atom. The van der Waals surface area contributed by atoms with Gasteiger partial charge in [0.1, 0.15) is 0 Å². The number of rotatable bonds is 4. The minimum Gasteiger partial charge on any atom is -0.361 e. The van der Waals surface area contributed by atoms with E-state index in [-0.39, 0.29) is 6.04 Å². The van der Waals surface area contributed by atoms with E-state index in [0.29, 0.717) is 46.8 Å². The molecule has 0 radical (unpaired) electrons. The van der Waals surface area contributed by atoms with Gasteiger partial charge in [-0.05, 0) is 47.5 Å². The predicted octanol–water partition coefficient (Wildman–Crippen LogP) is 7.73. The standard InChI is InChI=1S/C24H20Cl3F3N2/c25-19-6-4-17(5-7-19)23-15-31(14-16-2-1-3-18(12-16)24(28,29)30)10-11-32(23)22-9-8-20(26)13-21(22)27/h1-9,12-13,23H,10-11,14-15H2. The normalized spacial score (nSPS) is 17.6. The maximum absolute atomic E-state index is 13.1. The zero-order chi connectivity index (χ0) is 22.9. The summed E-state index contributed by atoms with van der Waals surface area (Å²) in [5, 5.41) is 1.76. The molecule has 1 fully saturated rings. The van der Waals surface area contributed by atoms with E-state index in [2.05, 4.69) is 9.80 Å². The van der Waals surface area contributed by atoms with Gasteiger partial charge in [-0.3, -0.25) is 4.90 Å². The van der Waals surface area contributed by atoms with Crippen molar-refractivity contribution in [3.8, 4) is 0 Å². The van der Waals surface area contributed by atoms with E-state index in [9.17, 15) is 13.2 Å². The highest BCUT2D eigenvalue weighted by Gasteiger charge is 2.32. The van der Waals surface area contributed by atoms with Gasteiger partial charge < -0.3 is 4.90 Å². The molecular weight excluding hydrogens is 480 g/mol.